The molecule has 0 spiro atoms. The maximum atomic E-state index is 14.1. The minimum absolute atomic E-state index is 0.00351. The highest BCUT2D eigenvalue weighted by molar-refractivity contribution is 5.98. The smallest absolute Gasteiger partial charge is 0.245 e. The van der Waals surface area contributed by atoms with Gasteiger partial charge in [0.15, 0.2) is 0 Å². The van der Waals surface area contributed by atoms with Crippen molar-refractivity contribution in [3.63, 3.8) is 0 Å². The topological polar surface area (TPSA) is 399 Å². The van der Waals surface area contributed by atoms with Crippen LogP contribution in [0.15, 0.2) is 54.6 Å². The number of rotatable bonds is 27. The first kappa shape index (κ1) is 54.0. The Morgan fingerprint density at radius 1 is 0.569 bits per heavy atom. The minimum atomic E-state index is -1.78. The first-order valence-corrected chi connectivity index (χ1v) is 20.7. The summed E-state index contributed by atoms with van der Waals surface area (Å²) in [5.74, 6) is -9.45. The van der Waals surface area contributed by atoms with E-state index >= 15 is 0 Å². The van der Waals surface area contributed by atoms with Crippen LogP contribution in [0.4, 0.5) is 0 Å². The molecule has 0 saturated carbocycles. The number of amides is 10. The number of carbonyl (C=O) groups excluding carboxylic acids is 10. The number of phenolic OH excluding ortho intramolecular Hbond substituents is 1. The number of aromatic hydroxyl groups is 1. The zero-order chi connectivity index (χ0) is 49.0. The molecule has 0 aliphatic carbocycles. The Hall–Kier alpha value is -7.14. The van der Waals surface area contributed by atoms with E-state index < -0.39 is 133 Å². The second-order valence-corrected chi connectivity index (χ2v) is 15.9. The molecular formula is C42H61N11O12. The van der Waals surface area contributed by atoms with Crippen molar-refractivity contribution in [3.8, 4) is 5.75 Å². The number of primary amides is 3. The Kier molecular flexibility index (Phi) is 22.0. The monoisotopic (exact) mass is 911 g/mol. The molecule has 17 N–H and O–H groups in total. The molecule has 8 atom stereocenters. The number of aliphatic hydroxyl groups excluding tert-OH is 1. The molecule has 0 aromatic heterocycles. The summed E-state index contributed by atoms with van der Waals surface area (Å²) in [4.78, 5) is 129. The molecule has 65 heavy (non-hydrogen) atoms. The van der Waals surface area contributed by atoms with Crippen LogP contribution in [0.25, 0.3) is 0 Å². The van der Waals surface area contributed by atoms with Gasteiger partial charge in [0.2, 0.25) is 59.1 Å². The molecule has 0 saturated heterocycles. The van der Waals surface area contributed by atoms with E-state index in [0.29, 0.717) is 11.1 Å². The molecule has 2 aromatic rings. The first-order chi connectivity index (χ1) is 30.5. The van der Waals surface area contributed by atoms with Crippen LogP contribution in [0.3, 0.4) is 0 Å². The van der Waals surface area contributed by atoms with Crippen molar-refractivity contribution in [2.24, 2.45) is 28.9 Å². The van der Waals surface area contributed by atoms with Crippen molar-refractivity contribution in [3.05, 3.63) is 65.7 Å². The lowest BCUT2D eigenvalue weighted by Crippen LogP contribution is -2.62. The van der Waals surface area contributed by atoms with E-state index in [9.17, 15) is 58.2 Å². The average molecular weight is 912 g/mol. The van der Waals surface area contributed by atoms with Crippen molar-refractivity contribution in [1.29, 1.82) is 0 Å². The van der Waals surface area contributed by atoms with Crippen LogP contribution < -0.4 is 60.2 Å². The summed E-state index contributed by atoms with van der Waals surface area (Å²) >= 11 is 0. The van der Waals surface area contributed by atoms with Gasteiger partial charge >= 0.3 is 0 Å². The lowest BCUT2D eigenvalue weighted by Gasteiger charge is -2.28. The molecule has 23 nitrogen and oxygen atoms in total. The van der Waals surface area contributed by atoms with Crippen LogP contribution in [0.2, 0.25) is 0 Å². The Morgan fingerprint density at radius 3 is 1.60 bits per heavy atom. The fourth-order valence-electron chi connectivity index (χ4n) is 6.12. The van der Waals surface area contributed by atoms with Crippen molar-refractivity contribution in [1.82, 2.24) is 37.2 Å². The molecule has 0 fully saturated rings. The quantitative estimate of drug-likeness (QED) is 0.0403. The van der Waals surface area contributed by atoms with Crippen LogP contribution in [0, 0.1) is 5.92 Å². The molecule has 2 rings (SSSR count). The third kappa shape index (κ3) is 19.8. The van der Waals surface area contributed by atoms with Crippen LogP contribution >= 0.6 is 0 Å². The molecule has 0 bridgehead atoms. The van der Waals surface area contributed by atoms with Gasteiger partial charge in [0, 0.05) is 19.3 Å². The maximum Gasteiger partial charge on any atom is 0.245 e. The van der Waals surface area contributed by atoms with E-state index in [1.807, 2.05) is 13.8 Å². The average Bonchev–Trinajstić information content (AvgIpc) is 3.22. The van der Waals surface area contributed by atoms with Gasteiger partial charge < -0.3 is 70.4 Å². The van der Waals surface area contributed by atoms with Gasteiger partial charge in [0.05, 0.1) is 25.1 Å². The summed E-state index contributed by atoms with van der Waals surface area (Å²) < 4.78 is 0. The first-order valence-electron chi connectivity index (χ1n) is 20.7. The zero-order valence-electron chi connectivity index (χ0n) is 36.6. The minimum Gasteiger partial charge on any atom is -0.508 e. The highest BCUT2D eigenvalue weighted by Gasteiger charge is 2.35. The van der Waals surface area contributed by atoms with Gasteiger partial charge in [-0.15, -0.1) is 0 Å². The number of nitrogens with one attached hydrogen (secondary N) is 7. The molecular weight excluding hydrogens is 851 g/mol. The highest BCUT2D eigenvalue weighted by Crippen LogP contribution is 2.13. The molecule has 2 aromatic carbocycles. The van der Waals surface area contributed by atoms with E-state index in [1.165, 1.54) is 38.1 Å². The standard InChI is InChI=1S/C42H61N11O12/c1-21(2)16-28(36(46)59)48-34(58)20-47-38(61)29(17-24-8-6-5-7-9-24)52-42(65)35(23(4)54)53-41(64)30(18-25-10-12-26(55)13-11-25)51-39(62)27(14-15-32(44)56)49-40(63)31(19-33(45)57)50-37(60)22(3)43/h5-13,21-23,27-31,35,54-55H,14-20,43H2,1-4H3,(H2,44,56)(H2,45,57)(H2,46,59)(H,47,61)(H,48,58)(H,49,63)(H,50,60)(H,51,62)(H,52,65)(H,53,64). The normalized spacial score (nSPS) is 14.6. The lowest BCUT2D eigenvalue weighted by atomic mass is 10.0. The Labute approximate surface area is 375 Å². The summed E-state index contributed by atoms with van der Waals surface area (Å²) in [6.45, 7) is 5.52. The lowest BCUT2D eigenvalue weighted by molar-refractivity contribution is -0.137. The van der Waals surface area contributed by atoms with Crippen molar-refractivity contribution in [2.45, 2.75) is 115 Å². The van der Waals surface area contributed by atoms with E-state index in [-0.39, 0.29) is 30.9 Å². The van der Waals surface area contributed by atoms with Crippen LogP contribution in [0.5, 0.6) is 5.75 Å². The van der Waals surface area contributed by atoms with Gasteiger partial charge in [-0.2, -0.15) is 0 Å². The van der Waals surface area contributed by atoms with E-state index in [1.54, 1.807) is 30.3 Å². The van der Waals surface area contributed by atoms with Crippen molar-refractivity contribution in [2.75, 3.05) is 6.54 Å². The molecule has 23 heteroatoms. The number of hydrogen-bond donors (Lipinski definition) is 13. The Balaban J connectivity index is 2.43. The predicted octanol–water partition coefficient (Wildman–Crippen LogP) is -4.40. The number of carbonyl (C=O) groups is 10. The Morgan fingerprint density at radius 2 is 1.08 bits per heavy atom. The Bertz CT molecular complexity index is 2000. The summed E-state index contributed by atoms with van der Waals surface area (Å²) in [5, 5.41) is 37.5. The molecule has 356 valence electrons. The van der Waals surface area contributed by atoms with E-state index in [2.05, 4.69) is 37.2 Å². The van der Waals surface area contributed by atoms with Crippen LogP contribution in [-0.4, -0.2) is 124 Å². The van der Waals surface area contributed by atoms with Gasteiger partial charge in [0.1, 0.15) is 42.0 Å². The van der Waals surface area contributed by atoms with E-state index in [4.69, 9.17) is 22.9 Å². The molecule has 10 amide bonds. The fourth-order valence-corrected chi connectivity index (χ4v) is 6.12. The van der Waals surface area contributed by atoms with Gasteiger partial charge in [-0.3, -0.25) is 47.9 Å². The number of benzene rings is 2. The second kappa shape index (κ2) is 26.5. The number of aliphatic hydroxyl groups is 1. The summed E-state index contributed by atoms with van der Waals surface area (Å²) in [6.07, 6.45) is -3.41. The van der Waals surface area contributed by atoms with Gasteiger partial charge in [-0.05, 0) is 55.9 Å². The zero-order valence-corrected chi connectivity index (χ0v) is 36.6. The van der Waals surface area contributed by atoms with E-state index in [0.717, 1.165) is 0 Å². The molecule has 0 radical (unpaired) electrons. The van der Waals surface area contributed by atoms with Gasteiger partial charge in [0.25, 0.3) is 0 Å². The molecule has 8 unspecified atom stereocenters. The third-order valence-corrected chi connectivity index (χ3v) is 9.56. The van der Waals surface area contributed by atoms with Gasteiger partial charge in [-0.1, -0.05) is 56.3 Å². The largest absolute Gasteiger partial charge is 0.508 e. The van der Waals surface area contributed by atoms with Gasteiger partial charge in [-0.25, -0.2) is 0 Å². The number of phenols is 1. The predicted molar refractivity (Wildman–Crippen MR) is 233 cm³/mol. The summed E-state index contributed by atoms with van der Waals surface area (Å²) in [5.41, 5.74) is 22.5. The van der Waals surface area contributed by atoms with Crippen LogP contribution in [0.1, 0.15) is 64.5 Å². The third-order valence-electron chi connectivity index (χ3n) is 9.56. The summed E-state index contributed by atoms with van der Waals surface area (Å²) in [6, 6.07) is 3.75. The molecule has 0 aliphatic heterocycles. The van der Waals surface area contributed by atoms with Crippen molar-refractivity contribution < 1.29 is 58.2 Å². The SMILES string of the molecule is CC(C)CC(NC(=O)CNC(=O)C(Cc1ccccc1)NC(=O)C(NC(=O)C(Cc1ccc(O)cc1)NC(=O)C(CCC(N)=O)NC(=O)C(CC(N)=O)NC(=O)C(C)N)C(C)O)C(N)=O. The molecule has 0 aliphatic rings. The highest BCUT2D eigenvalue weighted by atomic mass is 16.3. The number of hydrogen-bond acceptors (Lipinski definition) is 13. The fraction of sp³-hybridized carbons (Fsp3) is 0.476. The van der Waals surface area contributed by atoms with Crippen LogP contribution in [-0.2, 0) is 60.8 Å². The second-order valence-electron chi connectivity index (χ2n) is 15.9. The molecule has 0 heterocycles. The van der Waals surface area contributed by atoms with Crippen molar-refractivity contribution >= 4 is 59.1 Å². The summed E-state index contributed by atoms with van der Waals surface area (Å²) in [7, 11) is 0. The number of nitrogens with two attached hydrogens (primary N) is 4. The maximum absolute atomic E-state index is 14.1.